The van der Waals surface area contributed by atoms with E-state index in [1.165, 1.54) is 24.0 Å². The van der Waals surface area contributed by atoms with Crippen molar-refractivity contribution >= 4 is 5.91 Å². The molecule has 0 fully saturated rings. The van der Waals surface area contributed by atoms with E-state index in [1.807, 2.05) is 49.4 Å². The van der Waals surface area contributed by atoms with Crippen molar-refractivity contribution in [2.24, 2.45) is 0 Å². The van der Waals surface area contributed by atoms with E-state index in [0.717, 1.165) is 30.6 Å². The highest BCUT2D eigenvalue weighted by Gasteiger charge is 2.21. The van der Waals surface area contributed by atoms with Gasteiger partial charge < -0.3 is 10.1 Å². The summed E-state index contributed by atoms with van der Waals surface area (Å²) in [5.41, 5.74) is 3.78. The van der Waals surface area contributed by atoms with Gasteiger partial charge in [0.1, 0.15) is 5.75 Å². The van der Waals surface area contributed by atoms with E-state index in [1.54, 1.807) is 0 Å². The van der Waals surface area contributed by atoms with E-state index < -0.39 is 6.10 Å². The quantitative estimate of drug-likeness (QED) is 0.836. The van der Waals surface area contributed by atoms with Crippen LogP contribution in [-0.2, 0) is 17.6 Å². The molecule has 3 heteroatoms. The van der Waals surface area contributed by atoms with E-state index in [4.69, 9.17) is 4.74 Å². The van der Waals surface area contributed by atoms with Crippen molar-refractivity contribution < 1.29 is 9.53 Å². The molecule has 1 N–H and O–H groups in total. The molecule has 1 aliphatic rings. The summed E-state index contributed by atoms with van der Waals surface area (Å²) in [6, 6.07) is 16.3. The fraction of sp³-hybridized carbons (Fsp3) is 0.409. The number of benzene rings is 2. The molecule has 132 valence electrons. The first kappa shape index (κ1) is 17.5. The van der Waals surface area contributed by atoms with Gasteiger partial charge in [0, 0.05) is 0 Å². The number of ether oxygens (including phenoxy) is 1. The van der Waals surface area contributed by atoms with Crippen LogP contribution < -0.4 is 10.1 Å². The predicted molar refractivity (Wildman–Crippen MR) is 101 cm³/mol. The van der Waals surface area contributed by atoms with Crippen LogP contribution in [0.1, 0.15) is 55.8 Å². The zero-order valence-corrected chi connectivity index (χ0v) is 15.1. The maximum absolute atomic E-state index is 12.6. The number of fused-ring (bicyclic) bond motifs is 1. The van der Waals surface area contributed by atoms with Crippen molar-refractivity contribution in [3.63, 3.8) is 0 Å². The zero-order valence-electron chi connectivity index (χ0n) is 15.1. The highest BCUT2D eigenvalue weighted by molar-refractivity contribution is 5.81. The van der Waals surface area contributed by atoms with Crippen LogP contribution in [0.3, 0.4) is 0 Å². The Labute approximate surface area is 150 Å². The minimum Gasteiger partial charge on any atom is -0.481 e. The highest BCUT2D eigenvalue weighted by atomic mass is 16.5. The number of rotatable bonds is 6. The molecule has 1 amide bonds. The number of amides is 1. The molecule has 2 aromatic rings. The van der Waals surface area contributed by atoms with E-state index in [2.05, 4.69) is 18.3 Å². The lowest BCUT2D eigenvalue weighted by Gasteiger charge is -2.24. The number of carbonyl (C=O) groups excluding carboxylic acids is 1. The second-order valence-corrected chi connectivity index (χ2v) is 6.74. The van der Waals surface area contributed by atoms with Gasteiger partial charge in [0.25, 0.3) is 5.91 Å². The topological polar surface area (TPSA) is 38.3 Å². The Balaban J connectivity index is 1.67. The highest BCUT2D eigenvalue weighted by Crippen LogP contribution is 2.30. The van der Waals surface area contributed by atoms with Crippen LogP contribution in [0, 0.1) is 0 Å². The van der Waals surface area contributed by atoms with Crippen molar-refractivity contribution in [2.45, 2.75) is 58.1 Å². The number of nitrogens with one attached hydrogen (secondary N) is 1. The molecule has 2 atom stereocenters. The monoisotopic (exact) mass is 337 g/mol. The summed E-state index contributed by atoms with van der Waals surface area (Å²) < 4.78 is 6.04. The fourth-order valence-corrected chi connectivity index (χ4v) is 3.50. The first-order valence-electron chi connectivity index (χ1n) is 9.31. The van der Waals surface area contributed by atoms with Crippen LogP contribution in [0.5, 0.6) is 5.75 Å². The molecule has 0 heterocycles. The summed E-state index contributed by atoms with van der Waals surface area (Å²) in [6.45, 7) is 3.91. The second kappa shape index (κ2) is 8.19. The molecular weight excluding hydrogens is 310 g/mol. The summed E-state index contributed by atoms with van der Waals surface area (Å²) in [5.74, 6) is 0.803. The largest absolute Gasteiger partial charge is 0.481 e. The summed E-state index contributed by atoms with van der Waals surface area (Å²) >= 11 is 0. The molecule has 0 saturated carbocycles. The van der Waals surface area contributed by atoms with Gasteiger partial charge in [-0.1, -0.05) is 49.4 Å². The number of hydrogen-bond acceptors (Lipinski definition) is 2. The van der Waals surface area contributed by atoms with Crippen LogP contribution >= 0.6 is 0 Å². The molecule has 3 nitrogen and oxygen atoms in total. The van der Waals surface area contributed by atoms with Crippen LogP contribution in [0.4, 0.5) is 0 Å². The lowest BCUT2D eigenvalue weighted by molar-refractivity contribution is -0.128. The van der Waals surface area contributed by atoms with Gasteiger partial charge in [-0.2, -0.15) is 0 Å². The summed E-state index contributed by atoms with van der Waals surface area (Å²) in [7, 11) is 0. The maximum Gasteiger partial charge on any atom is 0.261 e. The zero-order chi connectivity index (χ0) is 17.6. The Morgan fingerprint density at radius 3 is 2.60 bits per heavy atom. The first-order valence-corrected chi connectivity index (χ1v) is 9.31. The molecular formula is C22H27NO2. The van der Waals surface area contributed by atoms with Gasteiger partial charge in [-0.3, -0.25) is 4.79 Å². The predicted octanol–water partition coefficient (Wildman–Crippen LogP) is 4.60. The van der Waals surface area contributed by atoms with E-state index in [0.29, 0.717) is 0 Å². The normalized spacial score (nSPS) is 15.8. The molecule has 0 bridgehead atoms. The third kappa shape index (κ3) is 4.22. The Bertz CT molecular complexity index is 711. The lowest BCUT2D eigenvalue weighted by Crippen LogP contribution is -2.38. The van der Waals surface area contributed by atoms with Crippen LogP contribution in [0.15, 0.2) is 48.5 Å². The molecule has 0 radical (unpaired) electrons. The molecule has 0 unspecified atom stereocenters. The maximum atomic E-state index is 12.6. The summed E-state index contributed by atoms with van der Waals surface area (Å²) in [5, 5.41) is 3.12. The molecule has 3 rings (SSSR count). The number of aryl methyl sites for hydroxylation is 1. The molecule has 0 saturated heterocycles. The minimum atomic E-state index is -0.508. The third-order valence-electron chi connectivity index (χ3n) is 4.95. The van der Waals surface area contributed by atoms with Crippen LogP contribution in [-0.4, -0.2) is 12.0 Å². The third-order valence-corrected chi connectivity index (χ3v) is 4.95. The van der Waals surface area contributed by atoms with Gasteiger partial charge in [0.2, 0.25) is 0 Å². The number of hydrogen-bond donors (Lipinski definition) is 1. The Hall–Kier alpha value is -2.29. The minimum absolute atomic E-state index is 0.0180. The number of carbonyl (C=O) groups is 1. The van der Waals surface area contributed by atoms with Gasteiger partial charge in [-0.15, -0.1) is 0 Å². The molecule has 0 aliphatic heterocycles. The Morgan fingerprint density at radius 2 is 1.84 bits per heavy atom. The van der Waals surface area contributed by atoms with Crippen molar-refractivity contribution in [1.29, 1.82) is 0 Å². The van der Waals surface area contributed by atoms with Gasteiger partial charge in [-0.25, -0.2) is 0 Å². The van der Waals surface area contributed by atoms with Crippen molar-refractivity contribution in [3.8, 4) is 5.75 Å². The second-order valence-electron chi connectivity index (χ2n) is 6.74. The van der Waals surface area contributed by atoms with Crippen LogP contribution in [0.25, 0.3) is 0 Å². The van der Waals surface area contributed by atoms with Crippen molar-refractivity contribution in [3.05, 3.63) is 65.2 Å². The standard InChI is InChI=1S/C22H27NO2/c1-3-20(18-11-5-4-6-12-18)23-22(24)16(2)25-21-15-9-13-17-10-7-8-14-19(17)21/h4-6,9,11-13,15-16,20H,3,7-8,10,14H2,1-2H3,(H,23,24)/t16-,20-/m1/s1. The average Bonchev–Trinajstić information content (AvgIpc) is 2.67. The molecule has 0 spiro atoms. The molecule has 1 aliphatic carbocycles. The van der Waals surface area contributed by atoms with E-state index >= 15 is 0 Å². The molecule has 0 aromatic heterocycles. The lowest BCUT2D eigenvalue weighted by atomic mass is 9.91. The molecule has 25 heavy (non-hydrogen) atoms. The van der Waals surface area contributed by atoms with Crippen molar-refractivity contribution in [2.75, 3.05) is 0 Å². The van der Waals surface area contributed by atoms with Gasteiger partial charge >= 0.3 is 0 Å². The van der Waals surface area contributed by atoms with Gasteiger partial charge in [-0.05, 0) is 61.8 Å². The fourth-order valence-electron chi connectivity index (χ4n) is 3.50. The Kier molecular flexibility index (Phi) is 5.75. The SMILES string of the molecule is CC[C@@H](NC(=O)[C@@H](C)Oc1cccc2c1CCCC2)c1ccccc1. The van der Waals surface area contributed by atoms with E-state index in [9.17, 15) is 4.79 Å². The van der Waals surface area contributed by atoms with Gasteiger partial charge in [0.05, 0.1) is 6.04 Å². The van der Waals surface area contributed by atoms with Gasteiger partial charge in [0.15, 0.2) is 6.10 Å². The average molecular weight is 337 g/mol. The Morgan fingerprint density at radius 1 is 1.08 bits per heavy atom. The summed E-state index contributed by atoms with van der Waals surface area (Å²) in [6.07, 6.45) is 4.93. The molecule has 2 aromatic carbocycles. The van der Waals surface area contributed by atoms with Crippen LogP contribution in [0.2, 0.25) is 0 Å². The summed E-state index contributed by atoms with van der Waals surface area (Å²) in [4.78, 5) is 12.6. The van der Waals surface area contributed by atoms with Crippen molar-refractivity contribution in [1.82, 2.24) is 5.32 Å². The van der Waals surface area contributed by atoms with E-state index in [-0.39, 0.29) is 11.9 Å². The smallest absolute Gasteiger partial charge is 0.261 e. The first-order chi connectivity index (χ1) is 12.2.